The van der Waals surface area contributed by atoms with Crippen molar-refractivity contribution >= 4 is 11.9 Å². The molecule has 1 amide bonds. The quantitative estimate of drug-likeness (QED) is 0.471. The van der Waals surface area contributed by atoms with Crippen LogP contribution in [0.15, 0.2) is 18.2 Å². The number of benzene rings is 1. The highest BCUT2D eigenvalue weighted by Gasteiger charge is 2.49. The number of carbonyl (C=O) groups excluding carboxylic acids is 1. The Bertz CT molecular complexity index is 814. The molecule has 0 aliphatic heterocycles. The number of carboxylic acids is 1. The molecule has 184 valence electrons. The molecule has 0 bridgehead atoms. The Kier molecular flexibility index (Phi) is 8.94. The number of amides is 1. The summed E-state index contributed by atoms with van der Waals surface area (Å²) in [5.41, 5.74) is 8.42. The molecule has 0 saturated heterocycles. The average molecular weight is 460 g/mol. The molecule has 2 aliphatic carbocycles. The lowest BCUT2D eigenvalue weighted by Gasteiger charge is -2.46. The zero-order chi connectivity index (χ0) is 24.0. The largest absolute Gasteiger partial charge is 0.481 e. The first kappa shape index (κ1) is 25.7. The number of rotatable bonds is 11. The molecule has 3 unspecified atom stereocenters. The third-order valence-corrected chi connectivity index (χ3v) is 8.58. The zero-order valence-corrected chi connectivity index (χ0v) is 20.6. The summed E-state index contributed by atoms with van der Waals surface area (Å²) in [6, 6.07) is 6.00. The summed E-state index contributed by atoms with van der Waals surface area (Å²) in [5.74, 6) is -0.777. The Balaban J connectivity index is 1.78. The number of nitrogens with two attached hydrogens (primary N) is 2. The van der Waals surface area contributed by atoms with Gasteiger partial charge in [0, 0.05) is 30.9 Å². The van der Waals surface area contributed by atoms with Crippen molar-refractivity contribution in [2.75, 3.05) is 13.7 Å². The van der Waals surface area contributed by atoms with Gasteiger partial charge in [0.1, 0.15) is 12.1 Å². The van der Waals surface area contributed by atoms with Crippen LogP contribution in [0.5, 0.6) is 0 Å². The zero-order valence-electron chi connectivity index (χ0n) is 20.6. The van der Waals surface area contributed by atoms with Gasteiger partial charge in [0.15, 0.2) is 0 Å². The number of primary amides is 1. The van der Waals surface area contributed by atoms with Crippen LogP contribution in [0, 0.1) is 11.8 Å². The summed E-state index contributed by atoms with van der Waals surface area (Å²) in [4.78, 5) is 23.9. The van der Waals surface area contributed by atoms with Crippen LogP contribution in [0.4, 0.5) is 0 Å². The minimum Gasteiger partial charge on any atom is -0.481 e. The second-order valence-corrected chi connectivity index (χ2v) is 10.2. The fourth-order valence-electron chi connectivity index (χ4n) is 6.60. The number of carbonyl (C=O) groups is 2. The van der Waals surface area contributed by atoms with Crippen LogP contribution in [0.3, 0.4) is 0 Å². The summed E-state index contributed by atoms with van der Waals surface area (Å²) in [6.45, 7) is 5.17. The van der Waals surface area contributed by atoms with E-state index in [0.29, 0.717) is 17.9 Å². The molecule has 0 spiro atoms. The van der Waals surface area contributed by atoms with Gasteiger partial charge in [-0.05, 0) is 48.4 Å². The Hall–Kier alpha value is -1.92. The molecular weight excluding hydrogens is 416 g/mol. The third kappa shape index (κ3) is 5.60. The highest BCUT2D eigenvalue weighted by Crippen LogP contribution is 2.42. The van der Waals surface area contributed by atoms with Gasteiger partial charge in [0.2, 0.25) is 5.91 Å². The fraction of sp³-hybridized carbons (Fsp3) is 0.704. The van der Waals surface area contributed by atoms with E-state index in [9.17, 15) is 14.7 Å². The number of ether oxygens (including phenoxy) is 1. The highest BCUT2D eigenvalue weighted by molar-refractivity contribution is 5.93. The van der Waals surface area contributed by atoms with E-state index in [4.69, 9.17) is 10.5 Å². The van der Waals surface area contributed by atoms with Crippen LogP contribution in [0.2, 0.25) is 0 Å². The molecule has 6 nitrogen and oxygen atoms in total. The number of hydrogen-bond acceptors (Lipinski definition) is 3. The Labute approximate surface area is 198 Å². The summed E-state index contributed by atoms with van der Waals surface area (Å²) in [6.07, 6.45) is 10.3. The van der Waals surface area contributed by atoms with Crippen LogP contribution >= 0.6 is 0 Å². The molecule has 2 aliphatic rings. The number of methoxy groups -OCH3 is 1. The van der Waals surface area contributed by atoms with E-state index in [1.807, 2.05) is 18.2 Å². The summed E-state index contributed by atoms with van der Waals surface area (Å²) < 4.78 is 5.98. The first-order chi connectivity index (χ1) is 15.9. The number of carboxylic acid groups (broad SMARTS) is 1. The number of aliphatic carboxylic acids is 1. The SMILES string of the molecule is CCC1(CC)c2cc(C(N)=O)ccc2CC(OC)C1[NH2+]CCC(CC1CCCCC1)C(=O)O. The lowest BCUT2D eigenvalue weighted by molar-refractivity contribution is -0.707. The average Bonchev–Trinajstić information content (AvgIpc) is 2.83. The van der Waals surface area contributed by atoms with Crippen LogP contribution in [0.25, 0.3) is 0 Å². The van der Waals surface area contributed by atoms with Crippen LogP contribution in [-0.4, -0.2) is 42.8 Å². The summed E-state index contributed by atoms with van der Waals surface area (Å²) in [5, 5.41) is 12.2. The molecule has 1 fully saturated rings. The first-order valence-electron chi connectivity index (χ1n) is 12.9. The van der Waals surface area contributed by atoms with E-state index in [0.717, 1.165) is 32.2 Å². The van der Waals surface area contributed by atoms with Gasteiger partial charge in [0.25, 0.3) is 0 Å². The lowest BCUT2D eigenvalue weighted by atomic mass is 9.62. The molecule has 3 atom stereocenters. The van der Waals surface area contributed by atoms with Crippen molar-refractivity contribution in [3.8, 4) is 0 Å². The van der Waals surface area contributed by atoms with Gasteiger partial charge in [0.05, 0.1) is 12.5 Å². The molecule has 3 rings (SSSR count). The predicted molar refractivity (Wildman–Crippen MR) is 129 cm³/mol. The Morgan fingerprint density at radius 1 is 1.21 bits per heavy atom. The molecule has 33 heavy (non-hydrogen) atoms. The van der Waals surface area contributed by atoms with Gasteiger partial charge >= 0.3 is 5.97 Å². The van der Waals surface area contributed by atoms with Gasteiger partial charge in [-0.3, -0.25) is 9.59 Å². The fourth-order valence-corrected chi connectivity index (χ4v) is 6.60. The predicted octanol–water partition coefficient (Wildman–Crippen LogP) is 3.41. The third-order valence-electron chi connectivity index (χ3n) is 8.58. The second kappa shape index (κ2) is 11.5. The van der Waals surface area contributed by atoms with Crippen LogP contribution in [0.1, 0.15) is 93.1 Å². The topological polar surface area (TPSA) is 106 Å². The van der Waals surface area contributed by atoms with Gasteiger partial charge in [-0.2, -0.15) is 0 Å². The normalized spacial score (nSPS) is 23.6. The smallest absolute Gasteiger partial charge is 0.306 e. The Morgan fingerprint density at radius 3 is 2.48 bits per heavy atom. The van der Waals surface area contributed by atoms with Crippen LogP contribution in [-0.2, 0) is 21.4 Å². The maximum atomic E-state index is 12.0. The van der Waals surface area contributed by atoms with Crippen molar-refractivity contribution in [2.45, 2.75) is 95.6 Å². The van der Waals surface area contributed by atoms with E-state index < -0.39 is 11.9 Å². The molecule has 1 saturated carbocycles. The minimum absolute atomic E-state index is 0.0402. The number of quaternary nitrogens is 1. The second-order valence-electron chi connectivity index (χ2n) is 10.2. The Morgan fingerprint density at radius 2 is 1.91 bits per heavy atom. The maximum Gasteiger partial charge on any atom is 0.306 e. The van der Waals surface area contributed by atoms with Crippen molar-refractivity contribution in [2.24, 2.45) is 17.6 Å². The van der Waals surface area contributed by atoms with E-state index in [1.165, 1.54) is 43.2 Å². The monoisotopic (exact) mass is 459 g/mol. The minimum atomic E-state index is -0.658. The van der Waals surface area contributed by atoms with Gasteiger partial charge in [-0.1, -0.05) is 52.0 Å². The molecule has 0 aromatic heterocycles. The van der Waals surface area contributed by atoms with Crippen molar-refractivity contribution < 1.29 is 24.7 Å². The van der Waals surface area contributed by atoms with E-state index in [-0.39, 0.29) is 23.5 Å². The van der Waals surface area contributed by atoms with Crippen molar-refractivity contribution in [3.63, 3.8) is 0 Å². The summed E-state index contributed by atoms with van der Waals surface area (Å²) >= 11 is 0. The van der Waals surface area contributed by atoms with E-state index in [2.05, 4.69) is 19.2 Å². The van der Waals surface area contributed by atoms with Crippen molar-refractivity contribution in [1.29, 1.82) is 0 Å². The maximum absolute atomic E-state index is 12.0. The van der Waals surface area contributed by atoms with Crippen molar-refractivity contribution in [3.05, 3.63) is 34.9 Å². The van der Waals surface area contributed by atoms with Gasteiger partial charge in [-0.15, -0.1) is 0 Å². The van der Waals surface area contributed by atoms with E-state index >= 15 is 0 Å². The van der Waals surface area contributed by atoms with E-state index in [1.54, 1.807) is 7.11 Å². The highest BCUT2D eigenvalue weighted by atomic mass is 16.5. The van der Waals surface area contributed by atoms with Gasteiger partial charge < -0.3 is 20.9 Å². The standard InChI is InChI=1S/C27H42N2O4/c1-4-27(5-2)22-16-20(25(28)30)12-11-19(22)17-23(33-3)24(27)29-14-13-21(26(31)32)15-18-9-7-6-8-10-18/h11-12,16,18,21,23-24,29H,4-10,13-15,17H2,1-3H3,(H2,28,30)(H,31,32)/p+1. The first-order valence-corrected chi connectivity index (χ1v) is 12.9. The number of hydrogen-bond donors (Lipinski definition) is 3. The molecule has 6 heteroatoms. The number of fused-ring (bicyclic) bond motifs is 1. The molecule has 0 radical (unpaired) electrons. The molecule has 0 heterocycles. The molecule has 1 aromatic carbocycles. The molecule has 1 aromatic rings. The van der Waals surface area contributed by atoms with Gasteiger partial charge in [-0.25, -0.2) is 0 Å². The molecular formula is C27H43N2O4+. The lowest BCUT2D eigenvalue weighted by Crippen LogP contribution is -2.97. The van der Waals surface area contributed by atoms with Crippen LogP contribution < -0.4 is 11.1 Å². The summed E-state index contributed by atoms with van der Waals surface area (Å²) in [7, 11) is 1.77. The molecule has 5 N–H and O–H groups in total. The van der Waals surface area contributed by atoms with Crippen molar-refractivity contribution in [1.82, 2.24) is 0 Å².